The molecule has 0 spiro atoms. The highest BCUT2D eigenvalue weighted by atomic mass is 32.1. The zero-order valence-corrected chi connectivity index (χ0v) is 19.3. The minimum absolute atomic E-state index is 0.126. The van der Waals surface area contributed by atoms with Gasteiger partial charge in [0.25, 0.3) is 0 Å². The van der Waals surface area contributed by atoms with Crippen LogP contribution in [0.5, 0.6) is 0 Å². The number of hydrogen-bond acceptors (Lipinski definition) is 4. The first-order valence-corrected chi connectivity index (χ1v) is 11.8. The number of likely N-dealkylation sites (tertiary alicyclic amines) is 1. The fourth-order valence-corrected chi connectivity index (χ4v) is 7.14. The number of carbonyl (C=O) groups excluding carboxylic acids is 3. The molecule has 0 N–H and O–H groups in total. The van der Waals surface area contributed by atoms with Crippen LogP contribution in [0.15, 0.2) is 41.8 Å². The van der Waals surface area contributed by atoms with E-state index < -0.39 is 16.2 Å². The molecule has 1 aliphatic carbocycles. The second-order valence-corrected chi connectivity index (χ2v) is 10.9. The summed E-state index contributed by atoms with van der Waals surface area (Å²) in [6.45, 7) is 6.38. The van der Waals surface area contributed by atoms with Gasteiger partial charge in [-0.25, -0.2) is 0 Å². The zero-order valence-electron chi connectivity index (χ0n) is 18.5. The third-order valence-electron chi connectivity index (χ3n) is 8.61. The molecule has 162 valence electrons. The smallest absolute Gasteiger partial charge is 0.245 e. The lowest BCUT2D eigenvalue weighted by Crippen LogP contribution is -2.68. The summed E-state index contributed by atoms with van der Waals surface area (Å²) >= 11 is 1.64. The summed E-state index contributed by atoms with van der Waals surface area (Å²) in [6, 6.07) is 12.1. The Morgan fingerprint density at radius 3 is 2.48 bits per heavy atom. The Hall–Kier alpha value is -2.47. The first kappa shape index (κ1) is 20.4. The highest BCUT2D eigenvalue weighted by Gasteiger charge is 2.75. The van der Waals surface area contributed by atoms with Crippen LogP contribution in [0.1, 0.15) is 55.7 Å². The summed E-state index contributed by atoms with van der Waals surface area (Å²) in [5.41, 5.74) is -0.314. The molecule has 2 aliphatic heterocycles. The average Bonchev–Trinajstić information content (AvgIpc) is 3.35. The maximum atomic E-state index is 14.4. The van der Waals surface area contributed by atoms with Crippen molar-refractivity contribution >= 4 is 29.1 Å². The Kier molecular flexibility index (Phi) is 4.30. The van der Waals surface area contributed by atoms with E-state index in [9.17, 15) is 14.4 Å². The van der Waals surface area contributed by atoms with Gasteiger partial charge in [-0.05, 0) is 41.8 Å². The fraction of sp³-hybridized carbons (Fsp3) is 0.480. The Labute approximate surface area is 187 Å². The summed E-state index contributed by atoms with van der Waals surface area (Å²) in [5, 5.41) is 2.03. The monoisotopic (exact) mass is 436 g/mol. The summed E-state index contributed by atoms with van der Waals surface area (Å²) in [5.74, 6) is -0.632. The Morgan fingerprint density at radius 1 is 1.03 bits per heavy atom. The van der Waals surface area contributed by atoms with Crippen molar-refractivity contribution in [3.05, 3.63) is 57.8 Å². The highest BCUT2D eigenvalue weighted by Crippen LogP contribution is 2.67. The van der Waals surface area contributed by atoms with Crippen LogP contribution in [0.25, 0.3) is 0 Å². The van der Waals surface area contributed by atoms with Crippen molar-refractivity contribution in [3.8, 4) is 0 Å². The lowest BCUT2D eigenvalue weighted by molar-refractivity contribution is -0.183. The van der Waals surface area contributed by atoms with E-state index in [-0.39, 0.29) is 23.8 Å². The van der Waals surface area contributed by atoms with Gasteiger partial charge < -0.3 is 4.90 Å². The number of fused-ring (bicyclic) bond motifs is 3. The fourth-order valence-electron chi connectivity index (χ4n) is 6.28. The molecule has 2 bridgehead atoms. The Bertz CT molecular complexity index is 1090. The van der Waals surface area contributed by atoms with Gasteiger partial charge >= 0.3 is 0 Å². The van der Waals surface area contributed by atoms with Crippen molar-refractivity contribution in [3.63, 3.8) is 0 Å². The van der Waals surface area contributed by atoms with Crippen molar-refractivity contribution in [1.82, 2.24) is 9.80 Å². The van der Waals surface area contributed by atoms with Gasteiger partial charge in [0, 0.05) is 23.9 Å². The predicted octanol–water partition coefficient (Wildman–Crippen LogP) is 4.03. The van der Waals surface area contributed by atoms with Crippen LogP contribution in [-0.4, -0.2) is 41.1 Å². The molecule has 2 fully saturated rings. The number of carbonyl (C=O) groups is 3. The van der Waals surface area contributed by atoms with Crippen LogP contribution in [-0.2, 0) is 20.8 Å². The highest BCUT2D eigenvalue weighted by molar-refractivity contribution is 7.10. The van der Waals surface area contributed by atoms with Gasteiger partial charge in [0.15, 0.2) is 0 Å². The Morgan fingerprint density at radius 2 is 1.77 bits per heavy atom. The van der Waals surface area contributed by atoms with E-state index in [1.807, 2.05) is 49.3 Å². The number of rotatable bonds is 2. The van der Waals surface area contributed by atoms with E-state index in [1.54, 1.807) is 11.3 Å². The third kappa shape index (κ3) is 2.34. The van der Waals surface area contributed by atoms with Gasteiger partial charge in [0.2, 0.25) is 17.7 Å². The normalized spacial score (nSPS) is 31.7. The maximum Gasteiger partial charge on any atom is 0.245 e. The lowest BCUT2D eigenvalue weighted by atomic mass is 9.54. The van der Waals surface area contributed by atoms with Crippen LogP contribution in [0.3, 0.4) is 0 Å². The lowest BCUT2D eigenvalue weighted by Gasteiger charge is -2.54. The minimum atomic E-state index is -1.22. The first-order valence-electron chi connectivity index (χ1n) is 10.9. The first-order chi connectivity index (χ1) is 14.7. The van der Waals surface area contributed by atoms with E-state index in [0.29, 0.717) is 19.4 Å². The van der Waals surface area contributed by atoms with Crippen LogP contribution in [0, 0.1) is 16.2 Å². The second-order valence-electron chi connectivity index (χ2n) is 9.90. The molecule has 6 heteroatoms. The molecule has 0 radical (unpaired) electrons. The predicted molar refractivity (Wildman–Crippen MR) is 119 cm³/mol. The largest absolute Gasteiger partial charge is 0.329 e. The number of nitrogens with zero attached hydrogens (tertiary/aromatic N) is 2. The number of benzene rings is 1. The van der Waals surface area contributed by atoms with Crippen LogP contribution in [0.4, 0.5) is 0 Å². The molecule has 1 aromatic heterocycles. The van der Waals surface area contributed by atoms with Crippen molar-refractivity contribution in [2.75, 3.05) is 13.6 Å². The van der Waals surface area contributed by atoms with Crippen molar-refractivity contribution in [2.24, 2.45) is 16.2 Å². The van der Waals surface area contributed by atoms with Gasteiger partial charge in [-0.15, -0.1) is 11.3 Å². The molecule has 3 heterocycles. The molecule has 0 unspecified atom stereocenters. The SMILES string of the molecule is CN1C(=O)[C@@]2(C(=O)N3CCc4ccccc4[C@@H]3c3cccs3)CC[C@@](C)(C1=O)C2(C)C. The Balaban J connectivity index is 1.66. The quantitative estimate of drug-likeness (QED) is 0.528. The number of imide groups is 1. The summed E-state index contributed by atoms with van der Waals surface area (Å²) < 4.78 is 0. The summed E-state index contributed by atoms with van der Waals surface area (Å²) in [4.78, 5) is 45.4. The van der Waals surface area contributed by atoms with Gasteiger partial charge in [-0.3, -0.25) is 19.3 Å². The van der Waals surface area contributed by atoms with Crippen LogP contribution < -0.4 is 0 Å². The summed E-state index contributed by atoms with van der Waals surface area (Å²) in [7, 11) is 1.54. The van der Waals surface area contributed by atoms with Crippen molar-refractivity contribution in [1.29, 1.82) is 0 Å². The molecule has 1 aromatic carbocycles. The summed E-state index contributed by atoms with van der Waals surface area (Å²) in [6.07, 6.45) is 1.73. The van der Waals surface area contributed by atoms with E-state index >= 15 is 0 Å². The number of thiophene rings is 1. The molecule has 31 heavy (non-hydrogen) atoms. The van der Waals surface area contributed by atoms with Gasteiger partial charge in [-0.1, -0.05) is 51.1 Å². The van der Waals surface area contributed by atoms with E-state index in [1.165, 1.54) is 17.5 Å². The molecule has 1 saturated carbocycles. The molecule has 5 nitrogen and oxygen atoms in total. The third-order valence-corrected chi connectivity index (χ3v) is 9.54. The number of hydrogen-bond donors (Lipinski definition) is 0. The second kappa shape index (κ2) is 6.52. The molecule has 3 amide bonds. The molecular formula is C25H28N2O3S. The number of piperidine rings is 1. The molecule has 5 rings (SSSR count). The topological polar surface area (TPSA) is 57.7 Å². The van der Waals surface area contributed by atoms with Crippen LogP contribution >= 0.6 is 11.3 Å². The standard InChI is InChI=1S/C25H28N2O3S/c1-23(2)24(3)12-13-25(23,21(29)26(4)20(24)28)22(30)27-14-11-16-8-5-6-9-17(16)19(27)18-10-7-15-31-18/h5-10,15,19H,11-14H2,1-4H3/t19-,24+,25-/m1/s1. The van der Waals surface area contributed by atoms with Crippen molar-refractivity contribution < 1.29 is 14.4 Å². The van der Waals surface area contributed by atoms with E-state index in [0.717, 1.165) is 16.9 Å². The molecule has 3 aliphatic rings. The molecule has 2 aromatic rings. The van der Waals surface area contributed by atoms with Gasteiger partial charge in [0.05, 0.1) is 11.5 Å². The number of amides is 3. The average molecular weight is 437 g/mol. The van der Waals surface area contributed by atoms with Crippen LogP contribution in [0.2, 0.25) is 0 Å². The van der Waals surface area contributed by atoms with E-state index in [2.05, 4.69) is 18.2 Å². The molecule has 1 saturated heterocycles. The molecule has 3 atom stereocenters. The maximum absolute atomic E-state index is 14.4. The minimum Gasteiger partial charge on any atom is -0.329 e. The van der Waals surface area contributed by atoms with Crippen molar-refractivity contribution in [2.45, 2.75) is 46.1 Å². The van der Waals surface area contributed by atoms with Gasteiger partial charge in [0.1, 0.15) is 5.41 Å². The van der Waals surface area contributed by atoms with Gasteiger partial charge in [-0.2, -0.15) is 0 Å². The molecular weight excluding hydrogens is 408 g/mol. The van der Waals surface area contributed by atoms with E-state index in [4.69, 9.17) is 0 Å². The zero-order chi connectivity index (χ0) is 22.2.